The Morgan fingerprint density at radius 2 is 1.74 bits per heavy atom. The summed E-state index contributed by atoms with van der Waals surface area (Å²) in [6, 6.07) is 6.95. The smallest absolute Gasteiger partial charge is 0.345 e. The molecule has 1 N–H and O–H groups in total. The number of pyridine rings is 1. The van der Waals surface area contributed by atoms with E-state index >= 15 is 0 Å². The largest absolute Gasteiger partial charge is 0.465 e. The van der Waals surface area contributed by atoms with Crippen LogP contribution in [-0.4, -0.2) is 17.6 Å². The fourth-order valence-corrected chi connectivity index (χ4v) is 2.80. The maximum atomic E-state index is 12.5. The molecule has 6 nitrogen and oxygen atoms in total. The van der Waals surface area contributed by atoms with Crippen molar-refractivity contribution in [1.82, 2.24) is 4.57 Å². The highest BCUT2D eigenvalue weighted by molar-refractivity contribution is 6.33. The number of nitrogens with zero attached hydrogens (tertiary/aromatic N) is 1. The molecule has 31 heavy (non-hydrogen) atoms. The van der Waals surface area contributed by atoms with E-state index in [1.165, 1.54) is 24.0 Å². The van der Waals surface area contributed by atoms with Crippen molar-refractivity contribution < 1.29 is 13.9 Å². The van der Waals surface area contributed by atoms with Crippen LogP contribution in [0.5, 0.6) is 0 Å². The normalized spacial score (nSPS) is 10.5. The number of furan rings is 1. The summed E-state index contributed by atoms with van der Waals surface area (Å²) in [5.74, 6) is -0.365. The Balaban J connectivity index is 0.000000605. The second kappa shape index (κ2) is 11.0. The van der Waals surface area contributed by atoms with Gasteiger partial charge in [-0.3, -0.25) is 9.36 Å². The number of methoxy groups -OCH3 is 1. The number of carbonyl (C=O) groups excluding carboxylic acids is 1. The average Bonchev–Trinajstić information content (AvgIpc) is 3.17. The van der Waals surface area contributed by atoms with E-state index < -0.39 is 5.97 Å². The van der Waals surface area contributed by atoms with Crippen LogP contribution < -0.4 is 10.9 Å². The predicted molar refractivity (Wildman–Crippen MR) is 129 cm³/mol. The van der Waals surface area contributed by atoms with Gasteiger partial charge in [-0.15, -0.1) is 0 Å². The van der Waals surface area contributed by atoms with Gasteiger partial charge >= 0.3 is 5.97 Å². The maximum Gasteiger partial charge on any atom is 0.345 e. The number of ether oxygens (including phenoxy) is 1. The van der Waals surface area contributed by atoms with E-state index in [0.717, 1.165) is 5.56 Å². The molecule has 0 spiro atoms. The van der Waals surface area contributed by atoms with Crippen LogP contribution in [0.3, 0.4) is 0 Å². The molecule has 0 amide bonds. The number of anilines is 2. The minimum absolute atomic E-state index is 0.135. The summed E-state index contributed by atoms with van der Waals surface area (Å²) in [5.41, 5.74) is 2.08. The first-order chi connectivity index (χ1) is 14.4. The molecule has 2 heterocycles. The second-order valence-electron chi connectivity index (χ2n) is 8.35. The van der Waals surface area contributed by atoms with Gasteiger partial charge in [-0.25, -0.2) is 4.79 Å². The molecule has 3 rings (SSSR count). The zero-order valence-electron chi connectivity index (χ0n) is 19.8. The molecule has 2 aromatic heterocycles. The molecule has 3 aromatic rings. The number of benzene rings is 1. The molecular formula is C24H33ClN2O4. The molecule has 0 bridgehead atoms. The van der Waals surface area contributed by atoms with Crippen LogP contribution in [0.1, 0.15) is 57.5 Å². The number of aromatic nitrogens is 1. The highest BCUT2D eigenvalue weighted by Crippen LogP contribution is 2.31. The standard InChI is InChI=1S/C17H15ClN2O4.C5H12.C2H6/c1-9-4-5-12(11(18)8-9)19-15-13(17(22)23-3)14-10(6-7-24-14)16(21)20(15)2;1-5(2,3)4;1-2/h4-8,19H,1-3H3;1-4H3;1-2H3. The van der Waals surface area contributed by atoms with Gasteiger partial charge in [-0.05, 0) is 36.1 Å². The molecule has 170 valence electrons. The molecule has 0 aliphatic rings. The average molecular weight is 449 g/mol. The van der Waals surface area contributed by atoms with Crippen molar-refractivity contribution in [2.24, 2.45) is 12.5 Å². The van der Waals surface area contributed by atoms with E-state index in [2.05, 4.69) is 33.0 Å². The number of esters is 1. The first kappa shape index (κ1) is 26.3. The quantitative estimate of drug-likeness (QED) is 0.451. The van der Waals surface area contributed by atoms with Crippen LogP contribution in [0.25, 0.3) is 11.0 Å². The summed E-state index contributed by atoms with van der Waals surface area (Å²) in [7, 11) is 2.83. The number of fused-ring (bicyclic) bond motifs is 1. The van der Waals surface area contributed by atoms with Crippen molar-refractivity contribution in [3.63, 3.8) is 0 Å². The molecule has 0 unspecified atom stereocenters. The summed E-state index contributed by atoms with van der Waals surface area (Å²) < 4.78 is 11.5. The lowest BCUT2D eigenvalue weighted by atomic mass is 10.0. The Morgan fingerprint density at radius 3 is 2.26 bits per heavy atom. The maximum absolute atomic E-state index is 12.5. The van der Waals surface area contributed by atoms with Crippen molar-refractivity contribution in [2.75, 3.05) is 12.4 Å². The zero-order valence-corrected chi connectivity index (χ0v) is 20.6. The van der Waals surface area contributed by atoms with E-state index in [-0.39, 0.29) is 22.5 Å². The van der Waals surface area contributed by atoms with Gasteiger partial charge in [0, 0.05) is 7.05 Å². The van der Waals surface area contributed by atoms with Crippen LogP contribution in [0, 0.1) is 12.3 Å². The van der Waals surface area contributed by atoms with Crippen LogP contribution in [0.2, 0.25) is 5.02 Å². The molecule has 0 saturated carbocycles. The molecule has 0 radical (unpaired) electrons. The van der Waals surface area contributed by atoms with E-state index in [1.807, 2.05) is 26.8 Å². The Bertz CT molecular complexity index is 1090. The van der Waals surface area contributed by atoms with Gasteiger partial charge in [0.25, 0.3) is 5.56 Å². The topological polar surface area (TPSA) is 73.5 Å². The summed E-state index contributed by atoms with van der Waals surface area (Å²) in [5, 5.41) is 3.82. The van der Waals surface area contributed by atoms with Crippen LogP contribution >= 0.6 is 11.6 Å². The Kier molecular flexibility index (Phi) is 9.38. The number of nitrogens with one attached hydrogen (secondary N) is 1. The summed E-state index contributed by atoms with van der Waals surface area (Å²) >= 11 is 6.24. The Hall–Kier alpha value is -2.73. The van der Waals surface area contributed by atoms with E-state index in [1.54, 1.807) is 19.2 Å². The second-order valence-corrected chi connectivity index (χ2v) is 8.76. The SMILES string of the molecule is CC.CC(C)(C)C.COC(=O)c1c(Nc2ccc(C)cc2Cl)n(C)c(=O)c2ccoc12. The van der Waals surface area contributed by atoms with Crippen LogP contribution in [0.15, 0.2) is 39.7 Å². The van der Waals surface area contributed by atoms with Crippen molar-refractivity contribution in [2.45, 2.75) is 48.5 Å². The molecule has 0 fully saturated rings. The Labute approximate surface area is 189 Å². The first-order valence-corrected chi connectivity index (χ1v) is 10.5. The van der Waals surface area contributed by atoms with Crippen LogP contribution in [-0.2, 0) is 11.8 Å². The van der Waals surface area contributed by atoms with Gasteiger partial charge < -0.3 is 14.5 Å². The van der Waals surface area contributed by atoms with Crippen molar-refractivity contribution >= 4 is 40.0 Å². The summed E-state index contributed by atoms with van der Waals surface area (Å²) in [6.07, 6.45) is 1.36. The third-order valence-electron chi connectivity index (χ3n) is 3.77. The number of hydrogen-bond donors (Lipinski definition) is 1. The lowest BCUT2D eigenvalue weighted by Crippen LogP contribution is -2.23. The number of carbonyl (C=O) groups is 1. The third kappa shape index (κ3) is 6.89. The molecule has 0 saturated heterocycles. The van der Waals surface area contributed by atoms with E-state index in [0.29, 0.717) is 21.5 Å². The van der Waals surface area contributed by atoms with Gasteiger partial charge in [0.1, 0.15) is 11.4 Å². The van der Waals surface area contributed by atoms with E-state index in [9.17, 15) is 9.59 Å². The van der Waals surface area contributed by atoms with Gasteiger partial charge in [0.15, 0.2) is 5.58 Å². The fraction of sp³-hybridized carbons (Fsp3) is 0.417. The highest BCUT2D eigenvalue weighted by Gasteiger charge is 2.24. The number of aryl methyl sites for hydroxylation is 1. The van der Waals surface area contributed by atoms with Gasteiger partial charge in [-0.1, -0.05) is 59.2 Å². The minimum Gasteiger partial charge on any atom is -0.465 e. The predicted octanol–water partition coefficient (Wildman–Crippen LogP) is 6.70. The first-order valence-electron chi connectivity index (χ1n) is 10.2. The third-order valence-corrected chi connectivity index (χ3v) is 4.08. The minimum atomic E-state index is -0.615. The molecule has 0 aliphatic heterocycles. The van der Waals surface area contributed by atoms with Gasteiger partial charge in [0.05, 0.1) is 29.5 Å². The van der Waals surface area contributed by atoms with Crippen LogP contribution in [0.4, 0.5) is 11.5 Å². The fourth-order valence-electron chi connectivity index (χ4n) is 2.52. The Morgan fingerprint density at radius 1 is 1.16 bits per heavy atom. The number of hydrogen-bond acceptors (Lipinski definition) is 5. The summed E-state index contributed by atoms with van der Waals surface area (Å²) in [6.45, 7) is 14.7. The monoisotopic (exact) mass is 448 g/mol. The van der Waals surface area contributed by atoms with Gasteiger partial charge in [0.2, 0.25) is 0 Å². The van der Waals surface area contributed by atoms with E-state index in [4.69, 9.17) is 20.8 Å². The van der Waals surface area contributed by atoms with Gasteiger partial charge in [-0.2, -0.15) is 0 Å². The lowest BCUT2D eigenvalue weighted by Gasteiger charge is -2.16. The molecular weight excluding hydrogens is 416 g/mol. The lowest BCUT2D eigenvalue weighted by molar-refractivity contribution is 0.0602. The van der Waals surface area contributed by atoms with Crippen molar-refractivity contribution in [3.8, 4) is 0 Å². The molecule has 0 aliphatic carbocycles. The molecule has 0 atom stereocenters. The number of halogens is 1. The number of rotatable bonds is 3. The summed E-state index contributed by atoms with van der Waals surface area (Å²) in [4.78, 5) is 24.7. The van der Waals surface area contributed by atoms with Crippen molar-refractivity contribution in [3.05, 3.63) is 57.0 Å². The van der Waals surface area contributed by atoms with Crippen molar-refractivity contribution in [1.29, 1.82) is 0 Å². The molecule has 7 heteroatoms. The highest BCUT2D eigenvalue weighted by atomic mass is 35.5. The zero-order chi connectivity index (χ0) is 23.9. The molecule has 1 aromatic carbocycles.